The first-order valence-electron chi connectivity index (χ1n) is 1.71. The average Bonchev–Trinajstić information content (AvgIpc) is 1.30. The van der Waals surface area contributed by atoms with Crippen molar-refractivity contribution < 1.29 is 29.5 Å². The van der Waals surface area contributed by atoms with Crippen LogP contribution >= 0.6 is 0 Å². The zero-order valence-corrected chi connectivity index (χ0v) is 5.78. The van der Waals surface area contributed by atoms with E-state index < -0.39 is 10.1 Å². The summed E-state index contributed by atoms with van der Waals surface area (Å²) in [6.45, 7) is -0.0289. The topological polar surface area (TPSA) is 80.4 Å². The zero-order valence-electron chi connectivity index (χ0n) is 3.98. The third-order valence-electron chi connectivity index (χ3n) is 0.376. The molecule has 0 radical (unpaired) electrons. The Morgan fingerprint density at radius 3 is 1.88 bits per heavy atom. The molecule has 3 N–H and O–H groups in total. The van der Waals surface area contributed by atoms with Crippen LogP contribution in [0.25, 0.3) is 0 Å². The van der Waals surface area contributed by atoms with Crippen LogP contribution < -0.4 is 5.73 Å². The van der Waals surface area contributed by atoms with Crippen molar-refractivity contribution in [3.05, 3.63) is 0 Å². The molecule has 0 atom stereocenters. The third kappa shape index (κ3) is 9.61. The van der Waals surface area contributed by atoms with Crippen LogP contribution in [0.15, 0.2) is 0 Å². The quantitative estimate of drug-likeness (QED) is 0.418. The van der Waals surface area contributed by atoms with E-state index >= 15 is 0 Å². The molecule has 0 aliphatic heterocycles. The van der Waals surface area contributed by atoms with Crippen molar-refractivity contribution in [2.45, 2.75) is 0 Å². The molecule has 0 fully saturated rings. The van der Waals surface area contributed by atoms with Crippen LogP contribution in [-0.4, -0.2) is 25.3 Å². The van der Waals surface area contributed by atoms with E-state index in [0.717, 1.165) is 0 Å². The molecule has 0 heterocycles. The predicted molar refractivity (Wildman–Crippen MR) is 25.5 cm³/mol. The molecule has 0 unspecified atom stereocenters. The Kier molecular flexibility index (Phi) is 5.97. The van der Waals surface area contributed by atoms with E-state index in [4.69, 9.17) is 10.3 Å². The standard InChI is InChI=1S/C2H7NO3S.Ni/c3-1-2-7(4,5)6;/h1-3H2,(H,4,5,6);. The molecule has 6 heteroatoms. The van der Waals surface area contributed by atoms with Crippen molar-refractivity contribution in [3.8, 4) is 0 Å². The van der Waals surface area contributed by atoms with Gasteiger partial charge in [-0.15, -0.1) is 0 Å². The Morgan fingerprint density at radius 2 is 1.88 bits per heavy atom. The summed E-state index contributed by atoms with van der Waals surface area (Å²) in [4.78, 5) is 0. The molecule has 0 saturated carbocycles. The maximum atomic E-state index is 9.71. The minimum absolute atomic E-state index is 0. The molecule has 0 aromatic carbocycles. The Hall–Kier alpha value is 0.364. The summed E-state index contributed by atoms with van der Waals surface area (Å²) in [7, 11) is -3.80. The smallest absolute Gasteiger partial charge is 0.266 e. The minimum atomic E-state index is -3.80. The fraction of sp³-hybridized carbons (Fsp3) is 1.00. The third-order valence-corrected chi connectivity index (χ3v) is 1.13. The van der Waals surface area contributed by atoms with Crippen LogP contribution in [0.5, 0.6) is 0 Å². The summed E-state index contributed by atoms with van der Waals surface area (Å²) in [5, 5.41) is 0. The molecule has 0 aliphatic carbocycles. The van der Waals surface area contributed by atoms with Gasteiger partial charge in [-0.1, -0.05) is 0 Å². The van der Waals surface area contributed by atoms with Crippen LogP contribution in [-0.2, 0) is 26.6 Å². The Bertz CT molecular complexity index is 130. The van der Waals surface area contributed by atoms with E-state index in [0.29, 0.717) is 0 Å². The van der Waals surface area contributed by atoms with Gasteiger partial charge >= 0.3 is 0 Å². The minimum Gasteiger partial charge on any atom is -0.329 e. The van der Waals surface area contributed by atoms with E-state index in [1.165, 1.54) is 0 Å². The van der Waals surface area contributed by atoms with Gasteiger partial charge in [0.1, 0.15) is 0 Å². The van der Waals surface area contributed by atoms with Crippen LogP contribution in [0, 0.1) is 0 Å². The molecule has 0 aliphatic rings. The van der Waals surface area contributed by atoms with Gasteiger partial charge in [-0.05, 0) is 0 Å². The molecule has 0 aromatic heterocycles. The van der Waals surface area contributed by atoms with Crippen molar-refractivity contribution in [1.82, 2.24) is 0 Å². The Morgan fingerprint density at radius 1 is 1.50 bits per heavy atom. The monoisotopic (exact) mass is 183 g/mol. The van der Waals surface area contributed by atoms with Gasteiger partial charge in [0.25, 0.3) is 10.1 Å². The summed E-state index contributed by atoms with van der Waals surface area (Å²) >= 11 is 0. The van der Waals surface area contributed by atoms with Crippen LogP contribution in [0.4, 0.5) is 0 Å². The van der Waals surface area contributed by atoms with Crippen molar-refractivity contribution in [3.63, 3.8) is 0 Å². The molecule has 0 amide bonds. The van der Waals surface area contributed by atoms with Gasteiger partial charge < -0.3 is 5.73 Å². The number of nitrogens with two attached hydrogens (primary N) is 1. The average molecular weight is 184 g/mol. The Labute approximate surface area is 58.1 Å². The van der Waals surface area contributed by atoms with Gasteiger partial charge in [0.05, 0.1) is 5.75 Å². The fourth-order valence-corrected chi connectivity index (χ4v) is 0.447. The second-order valence-electron chi connectivity index (χ2n) is 1.07. The molecule has 0 rings (SSSR count). The van der Waals surface area contributed by atoms with E-state index in [1.54, 1.807) is 0 Å². The van der Waals surface area contributed by atoms with Crippen LogP contribution in [0.1, 0.15) is 0 Å². The van der Waals surface area contributed by atoms with Gasteiger partial charge in [-0.25, -0.2) is 0 Å². The largest absolute Gasteiger partial charge is 0.329 e. The molecule has 0 bridgehead atoms. The molecular formula is C2H7NNiO3S. The predicted octanol–water partition coefficient (Wildman–Crippen LogP) is -1.17. The summed E-state index contributed by atoms with van der Waals surface area (Å²) in [6, 6.07) is 0. The first-order valence-corrected chi connectivity index (χ1v) is 3.32. The second kappa shape index (κ2) is 4.26. The fourth-order valence-electron chi connectivity index (χ4n) is 0.149. The first kappa shape index (κ1) is 11.2. The molecule has 54 valence electrons. The van der Waals surface area contributed by atoms with E-state index in [9.17, 15) is 8.42 Å². The number of hydrogen-bond acceptors (Lipinski definition) is 3. The maximum Gasteiger partial charge on any atom is 0.266 e. The zero-order chi connectivity index (χ0) is 5.91. The summed E-state index contributed by atoms with van der Waals surface area (Å²) in [5.74, 6) is -0.354. The first-order chi connectivity index (χ1) is 3.06. The molecule has 0 spiro atoms. The van der Waals surface area contributed by atoms with Crippen molar-refractivity contribution in [2.75, 3.05) is 12.3 Å². The van der Waals surface area contributed by atoms with Crippen LogP contribution in [0.3, 0.4) is 0 Å². The van der Waals surface area contributed by atoms with E-state index in [1.807, 2.05) is 0 Å². The van der Waals surface area contributed by atoms with Crippen molar-refractivity contribution >= 4 is 10.1 Å². The summed E-state index contributed by atoms with van der Waals surface area (Å²) < 4.78 is 27.3. The van der Waals surface area contributed by atoms with Crippen LogP contribution in [0.2, 0.25) is 0 Å². The molecule has 8 heavy (non-hydrogen) atoms. The normalized spacial score (nSPS) is 10.2. The van der Waals surface area contributed by atoms with Gasteiger partial charge in [0, 0.05) is 23.0 Å². The van der Waals surface area contributed by atoms with Gasteiger partial charge in [-0.3, -0.25) is 4.55 Å². The second-order valence-corrected chi connectivity index (χ2v) is 2.65. The molecule has 0 saturated heterocycles. The van der Waals surface area contributed by atoms with Crippen molar-refractivity contribution in [2.24, 2.45) is 5.73 Å². The maximum absolute atomic E-state index is 9.71. The number of rotatable bonds is 2. The molecular weight excluding hydrogens is 177 g/mol. The molecule has 4 nitrogen and oxygen atoms in total. The van der Waals surface area contributed by atoms with E-state index in [2.05, 4.69) is 0 Å². The molecule has 0 aromatic rings. The Balaban J connectivity index is 0. The van der Waals surface area contributed by atoms with Crippen molar-refractivity contribution in [1.29, 1.82) is 0 Å². The SMILES string of the molecule is NCCS(=O)(=O)O.[Ni]. The number of hydrogen-bond donors (Lipinski definition) is 2. The van der Waals surface area contributed by atoms with Gasteiger partial charge in [-0.2, -0.15) is 8.42 Å². The summed E-state index contributed by atoms with van der Waals surface area (Å²) in [5.41, 5.74) is 4.78. The summed E-state index contributed by atoms with van der Waals surface area (Å²) in [6.07, 6.45) is 0. The van der Waals surface area contributed by atoms with E-state index in [-0.39, 0.29) is 28.8 Å². The van der Waals surface area contributed by atoms with Gasteiger partial charge in [0.15, 0.2) is 0 Å². The van der Waals surface area contributed by atoms with Gasteiger partial charge in [0.2, 0.25) is 0 Å².